The Balaban J connectivity index is 2.00. The average Bonchev–Trinajstić information content (AvgIpc) is 3.29. The number of methoxy groups -OCH3 is 1. The van der Waals surface area contributed by atoms with Gasteiger partial charge >= 0.3 is 5.97 Å². The van der Waals surface area contributed by atoms with Crippen molar-refractivity contribution in [3.05, 3.63) is 48.4 Å². The van der Waals surface area contributed by atoms with E-state index in [4.69, 9.17) is 4.74 Å². The van der Waals surface area contributed by atoms with Crippen LogP contribution in [0.5, 0.6) is 0 Å². The molecule has 4 nitrogen and oxygen atoms in total. The molecule has 1 aliphatic carbocycles. The van der Waals surface area contributed by atoms with Crippen LogP contribution in [0, 0.1) is 0 Å². The minimum atomic E-state index is -0.612. The Kier molecular flexibility index (Phi) is 2.78. The van der Waals surface area contributed by atoms with Crippen molar-refractivity contribution >= 4 is 5.97 Å². The molecular formula is C15H14N2O2. The fraction of sp³-hybridized carbons (Fsp3) is 0.267. The Morgan fingerprint density at radius 1 is 1.21 bits per heavy atom. The van der Waals surface area contributed by atoms with Crippen molar-refractivity contribution in [2.24, 2.45) is 0 Å². The number of carbonyl (C=O) groups is 1. The van der Waals surface area contributed by atoms with Gasteiger partial charge in [-0.1, -0.05) is 30.3 Å². The van der Waals surface area contributed by atoms with Gasteiger partial charge in [-0.05, 0) is 18.9 Å². The summed E-state index contributed by atoms with van der Waals surface area (Å²) < 4.78 is 4.86. The molecule has 0 bridgehead atoms. The van der Waals surface area contributed by atoms with Gasteiger partial charge in [0, 0.05) is 11.8 Å². The molecular weight excluding hydrogens is 240 g/mol. The summed E-state index contributed by atoms with van der Waals surface area (Å²) in [5, 5.41) is 0. The highest BCUT2D eigenvalue weighted by molar-refractivity contribution is 5.85. The summed E-state index contributed by atoms with van der Waals surface area (Å²) in [6, 6.07) is 11.7. The summed E-state index contributed by atoms with van der Waals surface area (Å²) in [4.78, 5) is 20.6. The number of aromatic nitrogens is 2. The second-order valence-corrected chi connectivity index (χ2v) is 4.71. The summed E-state index contributed by atoms with van der Waals surface area (Å²) in [6.45, 7) is 0. The topological polar surface area (TPSA) is 52.1 Å². The van der Waals surface area contributed by atoms with Gasteiger partial charge in [-0.15, -0.1) is 0 Å². The van der Waals surface area contributed by atoms with Gasteiger partial charge in [0.25, 0.3) is 0 Å². The molecule has 1 heterocycles. The molecule has 0 aliphatic heterocycles. The highest BCUT2D eigenvalue weighted by Crippen LogP contribution is 2.47. The summed E-state index contributed by atoms with van der Waals surface area (Å²) >= 11 is 0. The van der Waals surface area contributed by atoms with Crippen LogP contribution in [0.3, 0.4) is 0 Å². The van der Waals surface area contributed by atoms with E-state index in [1.54, 1.807) is 6.20 Å². The third-order valence-electron chi connectivity index (χ3n) is 3.48. The van der Waals surface area contributed by atoms with Crippen LogP contribution in [-0.2, 0) is 14.9 Å². The Morgan fingerprint density at radius 2 is 1.95 bits per heavy atom. The molecule has 1 aliphatic rings. The maximum absolute atomic E-state index is 11.8. The van der Waals surface area contributed by atoms with Crippen LogP contribution >= 0.6 is 0 Å². The summed E-state index contributed by atoms with van der Waals surface area (Å²) in [5.41, 5.74) is 1.24. The molecule has 19 heavy (non-hydrogen) atoms. The molecule has 1 aromatic carbocycles. The van der Waals surface area contributed by atoms with E-state index >= 15 is 0 Å². The fourth-order valence-corrected chi connectivity index (χ4v) is 2.20. The largest absolute Gasteiger partial charge is 0.468 e. The molecule has 0 spiro atoms. The molecule has 0 unspecified atom stereocenters. The van der Waals surface area contributed by atoms with Crippen LogP contribution in [0.4, 0.5) is 0 Å². The minimum Gasteiger partial charge on any atom is -0.468 e. The number of esters is 1. The lowest BCUT2D eigenvalue weighted by Crippen LogP contribution is -2.24. The average molecular weight is 254 g/mol. The number of benzene rings is 1. The van der Waals surface area contributed by atoms with E-state index in [9.17, 15) is 4.79 Å². The zero-order valence-electron chi connectivity index (χ0n) is 10.7. The number of hydrogen-bond acceptors (Lipinski definition) is 4. The molecule has 2 aromatic rings. The van der Waals surface area contributed by atoms with E-state index in [0.29, 0.717) is 5.82 Å². The lowest BCUT2D eigenvalue weighted by molar-refractivity contribution is -0.143. The van der Waals surface area contributed by atoms with Gasteiger partial charge in [-0.2, -0.15) is 0 Å². The van der Waals surface area contributed by atoms with E-state index in [-0.39, 0.29) is 5.97 Å². The second-order valence-electron chi connectivity index (χ2n) is 4.71. The lowest BCUT2D eigenvalue weighted by atomic mass is 10.1. The lowest BCUT2D eigenvalue weighted by Gasteiger charge is -2.11. The van der Waals surface area contributed by atoms with Crippen LogP contribution in [0.2, 0.25) is 0 Å². The smallest absolute Gasteiger partial charge is 0.319 e. The van der Waals surface area contributed by atoms with Gasteiger partial charge in [-0.3, -0.25) is 4.79 Å². The molecule has 1 fully saturated rings. The highest BCUT2D eigenvalue weighted by Gasteiger charge is 2.55. The Labute approximate surface area is 111 Å². The van der Waals surface area contributed by atoms with Crippen molar-refractivity contribution in [3.63, 3.8) is 0 Å². The Bertz CT molecular complexity index is 607. The molecule has 1 saturated carbocycles. The van der Waals surface area contributed by atoms with Gasteiger partial charge in [0.2, 0.25) is 0 Å². The fourth-order valence-electron chi connectivity index (χ4n) is 2.20. The zero-order chi connectivity index (χ0) is 13.3. The molecule has 3 rings (SSSR count). The molecule has 4 heteroatoms. The molecule has 96 valence electrons. The van der Waals surface area contributed by atoms with Gasteiger partial charge in [-0.25, -0.2) is 9.97 Å². The summed E-state index contributed by atoms with van der Waals surface area (Å²) in [6.07, 6.45) is 3.23. The first kappa shape index (κ1) is 11.8. The first-order chi connectivity index (χ1) is 9.26. The van der Waals surface area contributed by atoms with E-state index < -0.39 is 5.41 Å². The molecule has 0 N–H and O–H groups in total. The van der Waals surface area contributed by atoms with E-state index in [1.165, 1.54) is 7.11 Å². The van der Waals surface area contributed by atoms with Crippen molar-refractivity contribution in [1.82, 2.24) is 9.97 Å². The molecule has 0 atom stereocenters. The minimum absolute atomic E-state index is 0.238. The first-order valence-electron chi connectivity index (χ1n) is 6.24. The van der Waals surface area contributed by atoms with Gasteiger partial charge in [0.15, 0.2) is 0 Å². The zero-order valence-corrected chi connectivity index (χ0v) is 10.7. The normalized spacial score (nSPS) is 15.8. The number of hydrogen-bond donors (Lipinski definition) is 0. The first-order valence-corrected chi connectivity index (χ1v) is 6.24. The molecule has 0 amide bonds. The predicted molar refractivity (Wildman–Crippen MR) is 70.4 cm³/mol. The predicted octanol–water partition coefficient (Wildman–Crippen LogP) is 2.35. The number of rotatable bonds is 3. The third-order valence-corrected chi connectivity index (χ3v) is 3.48. The van der Waals surface area contributed by atoms with Crippen molar-refractivity contribution < 1.29 is 9.53 Å². The number of ether oxygens (including phenoxy) is 1. The van der Waals surface area contributed by atoms with Crippen LogP contribution in [0.1, 0.15) is 18.7 Å². The molecule has 0 saturated heterocycles. The summed E-state index contributed by atoms with van der Waals surface area (Å²) in [7, 11) is 1.41. The summed E-state index contributed by atoms with van der Waals surface area (Å²) in [5.74, 6) is 0.332. The standard InChI is InChI=1S/C15H14N2O2/c1-19-14(18)15(8-9-15)13-16-10-7-12(17-13)11-5-3-2-4-6-11/h2-7,10H,8-9H2,1H3. The molecule has 1 aromatic heterocycles. The third kappa shape index (κ3) is 1.99. The van der Waals surface area contributed by atoms with E-state index in [0.717, 1.165) is 24.1 Å². The van der Waals surface area contributed by atoms with Crippen molar-refractivity contribution in [2.45, 2.75) is 18.3 Å². The molecule has 0 radical (unpaired) electrons. The van der Waals surface area contributed by atoms with Crippen LogP contribution in [0.15, 0.2) is 42.6 Å². The maximum Gasteiger partial charge on any atom is 0.319 e. The van der Waals surface area contributed by atoms with Crippen LogP contribution in [0.25, 0.3) is 11.3 Å². The van der Waals surface area contributed by atoms with Crippen LogP contribution in [-0.4, -0.2) is 23.0 Å². The SMILES string of the molecule is COC(=O)C1(c2nccc(-c3ccccc3)n2)CC1. The number of nitrogens with zero attached hydrogens (tertiary/aromatic N) is 2. The van der Waals surface area contributed by atoms with Crippen molar-refractivity contribution in [3.8, 4) is 11.3 Å². The van der Waals surface area contributed by atoms with Gasteiger partial charge in [0.05, 0.1) is 12.8 Å². The Morgan fingerprint density at radius 3 is 2.58 bits per heavy atom. The van der Waals surface area contributed by atoms with E-state index in [1.807, 2.05) is 36.4 Å². The highest BCUT2D eigenvalue weighted by atomic mass is 16.5. The second kappa shape index (κ2) is 4.46. The Hall–Kier alpha value is -2.23. The van der Waals surface area contributed by atoms with Crippen molar-refractivity contribution in [2.75, 3.05) is 7.11 Å². The maximum atomic E-state index is 11.8. The monoisotopic (exact) mass is 254 g/mol. The van der Waals surface area contributed by atoms with Crippen LogP contribution < -0.4 is 0 Å². The van der Waals surface area contributed by atoms with Gasteiger partial charge in [0.1, 0.15) is 11.2 Å². The van der Waals surface area contributed by atoms with E-state index in [2.05, 4.69) is 9.97 Å². The number of carbonyl (C=O) groups excluding carboxylic acids is 1. The van der Waals surface area contributed by atoms with Gasteiger partial charge < -0.3 is 4.74 Å². The van der Waals surface area contributed by atoms with Crippen molar-refractivity contribution in [1.29, 1.82) is 0 Å². The quantitative estimate of drug-likeness (QED) is 0.789.